The Morgan fingerprint density at radius 2 is 2.12 bits per heavy atom. The third-order valence-corrected chi connectivity index (χ3v) is 7.04. The average Bonchev–Trinajstić information content (AvgIpc) is 2.80. The summed E-state index contributed by atoms with van der Waals surface area (Å²) in [7, 11) is 0. The Morgan fingerprint density at radius 3 is 2.91 bits per heavy atom. The summed E-state index contributed by atoms with van der Waals surface area (Å²) in [6.45, 7) is 4.41. The van der Waals surface area contributed by atoms with Gasteiger partial charge in [-0.05, 0) is 50.3 Å². The maximum Gasteiger partial charge on any atom is 0.336 e. The molecule has 33 heavy (non-hydrogen) atoms. The van der Waals surface area contributed by atoms with Crippen molar-refractivity contribution < 1.29 is 23.8 Å². The highest BCUT2D eigenvalue weighted by Crippen LogP contribution is 2.39. The summed E-state index contributed by atoms with van der Waals surface area (Å²) in [6, 6.07) is 5.92. The van der Waals surface area contributed by atoms with E-state index in [0.29, 0.717) is 37.3 Å². The summed E-state index contributed by atoms with van der Waals surface area (Å²) in [4.78, 5) is 38.8. The Balaban J connectivity index is 1.31. The van der Waals surface area contributed by atoms with Gasteiger partial charge < -0.3 is 24.5 Å². The van der Waals surface area contributed by atoms with Crippen LogP contribution in [0.2, 0.25) is 0 Å². The van der Waals surface area contributed by atoms with Gasteiger partial charge in [-0.15, -0.1) is 0 Å². The minimum absolute atomic E-state index is 0.108. The van der Waals surface area contributed by atoms with Crippen LogP contribution in [0, 0.1) is 5.92 Å². The molecule has 0 bridgehead atoms. The number of aryl methyl sites for hydroxylation is 1. The highest BCUT2D eigenvalue weighted by atomic mass is 16.5. The number of aliphatic hydroxyl groups is 1. The number of likely N-dealkylation sites (tertiary alicyclic amines) is 1. The molecule has 1 saturated carbocycles. The molecule has 178 valence electrons. The van der Waals surface area contributed by atoms with Crippen molar-refractivity contribution >= 4 is 22.8 Å². The molecule has 8 heteroatoms. The van der Waals surface area contributed by atoms with Crippen LogP contribution >= 0.6 is 0 Å². The van der Waals surface area contributed by atoms with Crippen LogP contribution in [0.3, 0.4) is 0 Å². The number of nitrogens with zero attached hydrogens (tertiary/aromatic N) is 1. The molecule has 1 aliphatic heterocycles. The number of benzene rings is 1. The summed E-state index contributed by atoms with van der Waals surface area (Å²) in [5, 5.41) is 14.4. The smallest absolute Gasteiger partial charge is 0.336 e. The second-order valence-electron chi connectivity index (χ2n) is 9.26. The van der Waals surface area contributed by atoms with Gasteiger partial charge in [0.25, 0.3) is 5.91 Å². The molecule has 8 nitrogen and oxygen atoms in total. The quantitative estimate of drug-likeness (QED) is 0.646. The third-order valence-electron chi connectivity index (χ3n) is 7.04. The largest absolute Gasteiger partial charge is 0.484 e. The number of nitrogens with one attached hydrogen (secondary N) is 1. The summed E-state index contributed by atoms with van der Waals surface area (Å²) < 4.78 is 10.8. The van der Waals surface area contributed by atoms with Crippen molar-refractivity contribution in [2.45, 2.75) is 64.0 Å². The van der Waals surface area contributed by atoms with Gasteiger partial charge in [0, 0.05) is 36.5 Å². The second-order valence-corrected chi connectivity index (χ2v) is 9.26. The molecule has 2 heterocycles. The van der Waals surface area contributed by atoms with Crippen molar-refractivity contribution in [2.75, 3.05) is 19.7 Å². The summed E-state index contributed by atoms with van der Waals surface area (Å²) >= 11 is 0. The zero-order valence-electron chi connectivity index (χ0n) is 19.3. The van der Waals surface area contributed by atoms with Gasteiger partial charge in [-0.3, -0.25) is 9.59 Å². The molecule has 1 aromatic carbocycles. The van der Waals surface area contributed by atoms with Crippen LogP contribution in [-0.2, 0) is 16.0 Å². The predicted molar refractivity (Wildman–Crippen MR) is 123 cm³/mol. The first-order valence-electron chi connectivity index (χ1n) is 11.8. The molecule has 0 radical (unpaired) electrons. The van der Waals surface area contributed by atoms with E-state index in [-0.39, 0.29) is 18.4 Å². The van der Waals surface area contributed by atoms with Crippen molar-refractivity contribution in [2.24, 2.45) is 5.92 Å². The topological polar surface area (TPSA) is 109 Å². The van der Waals surface area contributed by atoms with E-state index in [9.17, 15) is 19.5 Å². The molecular weight excluding hydrogens is 424 g/mol. The van der Waals surface area contributed by atoms with Crippen LogP contribution in [0.15, 0.2) is 33.5 Å². The van der Waals surface area contributed by atoms with Crippen LogP contribution in [0.5, 0.6) is 5.75 Å². The molecule has 4 rings (SSSR count). The van der Waals surface area contributed by atoms with Crippen molar-refractivity contribution in [1.29, 1.82) is 0 Å². The van der Waals surface area contributed by atoms with E-state index in [1.165, 1.54) is 6.07 Å². The monoisotopic (exact) mass is 456 g/mol. The molecule has 1 aromatic heterocycles. The van der Waals surface area contributed by atoms with Gasteiger partial charge >= 0.3 is 5.63 Å². The molecule has 2 fully saturated rings. The maximum absolute atomic E-state index is 12.9. The van der Waals surface area contributed by atoms with Crippen molar-refractivity contribution in [3.05, 3.63) is 40.2 Å². The first kappa shape index (κ1) is 23.3. The van der Waals surface area contributed by atoms with Gasteiger partial charge in [-0.25, -0.2) is 4.79 Å². The van der Waals surface area contributed by atoms with E-state index in [2.05, 4.69) is 5.32 Å². The molecule has 2 amide bonds. The standard InChI is InChI=1S/C25H32N2O6/c1-3-17-12-23(29)33-21-13-19(7-8-20(17)21)32-15-22(28)26-16(2)24(30)27-11-10-25(31)9-5-4-6-18(25)14-27/h7-8,12-13,16,18,31H,3-6,9-11,14-15H2,1-2H3,(H,26,28). The average molecular weight is 457 g/mol. The number of piperidine rings is 1. The summed E-state index contributed by atoms with van der Waals surface area (Å²) in [6.07, 6.45) is 5.15. The Hall–Kier alpha value is -2.87. The van der Waals surface area contributed by atoms with Crippen LogP contribution in [0.1, 0.15) is 51.5 Å². The molecule has 1 aliphatic carbocycles. The van der Waals surface area contributed by atoms with Gasteiger partial charge in [-0.2, -0.15) is 0 Å². The number of rotatable bonds is 6. The molecule has 2 aliphatic rings. The number of carbonyl (C=O) groups excluding carboxylic acids is 2. The first-order valence-corrected chi connectivity index (χ1v) is 11.8. The second kappa shape index (κ2) is 9.55. The van der Waals surface area contributed by atoms with E-state index in [4.69, 9.17) is 9.15 Å². The first-order chi connectivity index (χ1) is 15.8. The van der Waals surface area contributed by atoms with Crippen LogP contribution in [-0.4, -0.2) is 53.2 Å². The minimum atomic E-state index is -0.683. The number of amides is 2. The van der Waals surface area contributed by atoms with E-state index < -0.39 is 23.2 Å². The molecule has 0 spiro atoms. The van der Waals surface area contributed by atoms with Crippen molar-refractivity contribution in [3.63, 3.8) is 0 Å². The normalized spacial score (nSPS) is 23.6. The van der Waals surface area contributed by atoms with E-state index >= 15 is 0 Å². The Labute approximate surface area is 192 Å². The number of carbonyl (C=O) groups is 2. The van der Waals surface area contributed by atoms with Crippen LogP contribution < -0.4 is 15.7 Å². The zero-order chi connectivity index (χ0) is 23.6. The van der Waals surface area contributed by atoms with Crippen LogP contribution in [0.4, 0.5) is 0 Å². The van der Waals surface area contributed by atoms with E-state index in [1.807, 2.05) is 6.92 Å². The number of fused-ring (bicyclic) bond motifs is 2. The third kappa shape index (κ3) is 5.05. The number of hydrogen-bond acceptors (Lipinski definition) is 6. The molecular formula is C25H32N2O6. The fraction of sp³-hybridized carbons (Fsp3) is 0.560. The SMILES string of the molecule is CCc1cc(=O)oc2cc(OCC(=O)NC(C)C(=O)N3CCC4(O)CCCCC4C3)ccc12. The lowest BCUT2D eigenvalue weighted by molar-refractivity contribution is -0.146. The van der Waals surface area contributed by atoms with Crippen molar-refractivity contribution in [1.82, 2.24) is 10.2 Å². The lowest BCUT2D eigenvalue weighted by atomic mass is 9.71. The predicted octanol–water partition coefficient (Wildman–Crippen LogP) is 2.39. The molecule has 3 atom stereocenters. The van der Waals surface area contributed by atoms with Gasteiger partial charge in [0.15, 0.2) is 6.61 Å². The van der Waals surface area contributed by atoms with Gasteiger partial charge in [-0.1, -0.05) is 19.8 Å². The molecule has 1 saturated heterocycles. The maximum atomic E-state index is 12.9. The minimum Gasteiger partial charge on any atom is -0.484 e. The zero-order valence-corrected chi connectivity index (χ0v) is 19.3. The molecule has 2 N–H and O–H groups in total. The molecule has 2 aromatic rings. The Bertz CT molecular complexity index is 1100. The van der Waals surface area contributed by atoms with Crippen LogP contribution in [0.25, 0.3) is 11.0 Å². The summed E-state index contributed by atoms with van der Waals surface area (Å²) in [5.74, 6) is -0.0431. The van der Waals surface area contributed by atoms with Gasteiger partial charge in [0.1, 0.15) is 17.4 Å². The lowest BCUT2D eigenvalue weighted by Gasteiger charge is -2.47. The Morgan fingerprint density at radius 1 is 1.30 bits per heavy atom. The van der Waals surface area contributed by atoms with Gasteiger partial charge in [0.05, 0.1) is 5.60 Å². The highest BCUT2D eigenvalue weighted by molar-refractivity contribution is 5.88. The fourth-order valence-electron chi connectivity index (χ4n) is 5.13. The summed E-state index contributed by atoms with van der Waals surface area (Å²) in [5.41, 5.74) is 0.230. The lowest BCUT2D eigenvalue weighted by Crippen LogP contribution is -2.57. The highest BCUT2D eigenvalue weighted by Gasteiger charge is 2.44. The Kier molecular flexibility index (Phi) is 6.74. The number of ether oxygens (including phenoxy) is 1. The fourth-order valence-corrected chi connectivity index (χ4v) is 5.13. The molecule has 3 unspecified atom stereocenters. The van der Waals surface area contributed by atoms with E-state index in [1.54, 1.807) is 30.0 Å². The van der Waals surface area contributed by atoms with Crippen molar-refractivity contribution in [3.8, 4) is 5.75 Å². The van der Waals surface area contributed by atoms with Gasteiger partial charge in [0.2, 0.25) is 5.91 Å². The van der Waals surface area contributed by atoms with E-state index in [0.717, 1.165) is 36.6 Å². The number of hydrogen-bond donors (Lipinski definition) is 2.